The molecule has 1 fully saturated rings. The van der Waals surface area contributed by atoms with Crippen molar-refractivity contribution in [3.8, 4) is 17.1 Å². The number of hydrazine groups is 1. The minimum atomic E-state index is -0.468. The quantitative estimate of drug-likeness (QED) is 0.312. The normalized spacial score (nSPS) is 14.6. The molecule has 1 aromatic heterocycles. The number of nitrogens with zero attached hydrogens (tertiary/aromatic N) is 1. The van der Waals surface area contributed by atoms with E-state index < -0.39 is 11.8 Å². The van der Waals surface area contributed by atoms with E-state index >= 15 is 0 Å². The van der Waals surface area contributed by atoms with Gasteiger partial charge in [-0.05, 0) is 55.5 Å². The van der Waals surface area contributed by atoms with Gasteiger partial charge in [0.1, 0.15) is 17.3 Å². The van der Waals surface area contributed by atoms with Crippen LogP contribution in [0.2, 0.25) is 0 Å². The number of ether oxygens (including phenoxy) is 1. The number of methoxy groups -OCH3 is 1. The minimum absolute atomic E-state index is 0.0113. The molecule has 166 valence electrons. The Labute approximate surface area is 199 Å². The minimum Gasteiger partial charge on any atom is -0.497 e. The number of Topliss-reactive ketones (excluding diaryl/α,β-unsaturated/α-hetero) is 1. The highest BCUT2D eigenvalue weighted by molar-refractivity contribution is 8.26. The molecule has 1 aliphatic rings. The molecule has 1 saturated heterocycles. The fraction of sp³-hybridized carbons (Fsp3) is 0.0833. The van der Waals surface area contributed by atoms with E-state index in [1.165, 1.54) is 14.0 Å². The van der Waals surface area contributed by atoms with Crippen molar-refractivity contribution in [3.63, 3.8) is 0 Å². The lowest BCUT2D eigenvalue weighted by Crippen LogP contribution is -2.44. The number of hydrogen-bond donors (Lipinski definition) is 1. The van der Waals surface area contributed by atoms with Gasteiger partial charge in [0.25, 0.3) is 11.8 Å². The number of hydrogen-bond acceptors (Lipinski definition) is 7. The number of amides is 2. The van der Waals surface area contributed by atoms with Gasteiger partial charge >= 0.3 is 0 Å². The number of rotatable bonds is 6. The molecule has 0 aliphatic carbocycles. The van der Waals surface area contributed by atoms with Gasteiger partial charge in [0.2, 0.25) is 0 Å². The van der Waals surface area contributed by atoms with Crippen LogP contribution in [-0.2, 0) is 4.79 Å². The first kappa shape index (κ1) is 22.5. The third-order valence-electron chi connectivity index (χ3n) is 4.84. The van der Waals surface area contributed by atoms with Crippen molar-refractivity contribution < 1.29 is 23.5 Å². The summed E-state index contributed by atoms with van der Waals surface area (Å²) in [5.41, 5.74) is 4.32. The lowest BCUT2D eigenvalue weighted by Gasteiger charge is -2.15. The second-order valence-electron chi connectivity index (χ2n) is 7.02. The number of ketones is 1. The lowest BCUT2D eigenvalue weighted by molar-refractivity contribution is -0.123. The SMILES string of the molecule is COc1ccc(C(=O)NN2C(=O)/C(=C\c3ccc(-c4ccc(C(C)=O)cc4)o3)SC2=S)cc1. The van der Waals surface area contributed by atoms with Crippen LogP contribution in [0.4, 0.5) is 0 Å². The molecule has 4 rings (SSSR count). The Morgan fingerprint density at radius 2 is 1.70 bits per heavy atom. The van der Waals surface area contributed by atoms with Crippen molar-refractivity contribution in [2.24, 2.45) is 0 Å². The monoisotopic (exact) mass is 478 g/mol. The summed E-state index contributed by atoms with van der Waals surface area (Å²) in [6.45, 7) is 1.51. The first-order chi connectivity index (χ1) is 15.9. The van der Waals surface area contributed by atoms with E-state index in [0.29, 0.717) is 33.3 Å². The highest BCUT2D eigenvalue weighted by Gasteiger charge is 2.34. The summed E-state index contributed by atoms with van der Waals surface area (Å²) < 4.78 is 11.1. The third-order valence-corrected chi connectivity index (χ3v) is 6.14. The van der Waals surface area contributed by atoms with Gasteiger partial charge in [0.15, 0.2) is 10.1 Å². The fourth-order valence-corrected chi connectivity index (χ4v) is 4.22. The van der Waals surface area contributed by atoms with Gasteiger partial charge in [0, 0.05) is 22.8 Å². The summed E-state index contributed by atoms with van der Waals surface area (Å²) >= 11 is 6.33. The van der Waals surface area contributed by atoms with Crippen LogP contribution in [0.3, 0.4) is 0 Å². The Hall–Kier alpha value is -3.69. The number of thiocarbonyl (C=S) groups is 1. The van der Waals surface area contributed by atoms with Crippen LogP contribution >= 0.6 is 24.0 Å². The average Bonchev–Trinajstić information content (AvgIpc) is 3.39. The largest absolute Gasteiger partial charge is 0.497 e. The van der Waals surface area contributed by atoms with Gasteiger partial charge in [-0.25, -0.2) is 0 Å². The van der Waals surface area contributed by atoms with Crippen LogP contribution in [0, 0.1) is 0 Å². The molecule has 2 amide bonds. The van der Waals surface area contributed by atoms with Crippen LogP contribution < -0.4 is 10.2 Å². The molecule has 0 bridgehead atoms. The summed E-state index contributed by atoms with van der Waals surface area (Å²) in [6, 6.07) is 17.1. The van der Waals surface area contributed by atoms with Crippen LogP contribution in [0.15, 0.2) is 70.0 Å². The van der Waals surface area contributed by atoms with E-state index in [2.05, 4.69) is 5.43 Å². The van der Waals surface area contributed by atoms with Gasteiger partial charge in [-0.1, -0.05) is 36.0 Å². The molecular weight excluding hydrogens is 460 g/mol. The molecule has 0 saturated carbocycles. The van der Waals surface area contributed by atoms with Crippen molar-refractivity contribution >= 4 is 52.0 Å². The highest BCUT2D eigenvalue weighted by atomic mass is 32.2. The van der Waals surface area contributed by atoms with Crippen LogP contribution in [-0.4, -0.2) is 34.0 Å². The van der Waals surface area contributed by atoms with Crippen molar-refractivity contribution in [2.75, 3.05) is 7.11 Å². The van der Waals surface area contributed by atoms with Crippen molar-refractivity contribution in [2.45, 2.75) is 6.92 Å². The molecule has 0 atom stereocenters. The van der Waals surface area contributed by atoms with Gasteiger partial charge in [-0.2, -0.15) is 5.01 Å². The molecule has 9 heteroatoms. The van der Waals surface area contributed by atoms with Crippen LogP contribution in [0.1, 0.15) is 33.4 Å². The smallest absolute Gasteiger partial charge is 0.285 e. The van der Waals surface area contributed by atoms with E-state index in [1.807, 2.05) is 0 Å². The Morgan fingerprint density at radius 1 is 1.03 bits per heavy atom. The molecule has 1 aliphatic heterocycles. The fourth-order valence-electron chi connectivity index (χ4n) is 3.06. The zero-order valence-electron chi connectivity index (χ0n) is 17.7. The summed E-state index contributed by atoms with van der Waals surface area (Å²) in [4.78, 5) is 37.1. The molecule has 0 spiro atoms. The Kier molecular flexibility index (Phi) is 6.43. The zero-order valence-corrected chi connectivity index (χ0v) is 19.3. The first-order valence-corrected chi connectivity index (χ1v) is 11.0. The molecule has 1 N–H and O–H groups in total. The molecule has 2 aromatic carbocycles. The Balaban J connectivity index is 1.47. The van der Waals surface area contributed by atoms with E-state index in [-0.39, 0.29) is 10.1 Å². The zero-order chi connectivity index (χ0) is 23.5. The molecule has 33 heavy (non-hydrogen) atoms. The van der Waals surface area contributed by atoms with Crippen molar-refractivity contribution in [1.29, 1.82) is 0 Å². The predicted molar refractivity (Wildman–Crippen MR) is 130 cm³/mol. The molecule has 7 nitrogen and oxygen atoms in total. The summed E-state index contributed by atoms with van der Waals surface area (Å²) in [7, 11) is 1.54. The molecule has 3 aromatic rings. The van der Waals surface area contributed by atoms with Crippen molar-refractivity contribution in [1.82, 2.24) is 10.4 Å². The van der Waals surface area contributed by atoms with Crippen LogP contribution in [0.25, 0.3) is 17.4 Å². The van der Waals surface area contributed by atoms with Gasteiger partial charge in [0.05, 0.1) is 12.0 Å². The van der Waals surface area contributed by atoms with E-state index in [4.69, 9.17) is 21.4 Å². The van der Waals surface area contributed by atoms with E-state index in [9.17, 15) is 14.4 Å². The van der Waals surface area contributed by atoms with Gasteiger partial charge in [-0.3, -0.25) is 19.8 Å². The number of nitrogens with one attached hydrogen (secondary N) is 1. The Morgan fingerprint density at radius 3 is 2.33 bits per heavy atom. The number of benzene rings is 2. The maximum atomic E-state index is 12.8. The molecule has 0 radical (unpaired) electrons. The highest BCUT2D eigenvalue weighted by Crippen LogP contribution is 2.33. The molecule has 0 unspecified atom stereocenters. The van der Waals surface area contributed by atoms with E-state index in [0.717, 1.165) is 22.3 Å². The second-order valence-corrected chi connectivity index (χ2v) is 8.70. The molecular formula is C24H18N2O5S2. The Bertz CT molecular complexity index is 1280. The predicted octanol–water partition coefficient (Wildman–Crippen LogP) is 4.70. The van der Waals surface area contributed by atoms with Gasteiger partial charge in [-0.15, -0.1) is 0 Å². The number of furan rings is 1. The summed E-state index contributed by atoms with van der Waals surface area (Å²) in [5, 5.41) is 1.04. The standard InChI is InChI=1S/C24H18N2O5S2/c1-14(27)15-3-5-16(6-4-15)20-12-11-19(31-20)13-21-23(29)26(24(32)33-21)25-22(28)17-7-9-18(30-2)10-8-17/h3-13H,1-2H3,(H,25,28)/b21-13+. The summed E-state index contributed by atoms with van der Waals surface area (Å²) in [5.74, 6) is 0.748. The lowest BCUT2D eigenvalue weighted by atomic mass is 10.1. The average molecular weight is 479 g/mol. The van der Waals surface area contributed by atoms with E-state index in [1.54, 1.807) is 66.7 Å². The third kappa shape index (κ3) is 4.89. The summed E-state index contributed by atoms with van der Waals surface area (Å²) in [6.07, 6.45) is 1.58. The number of thioether (sulfide) groups is 1. The van der Waals surface area contributed by atoms with Crippen molar-refractivity contribution in [3.05, 3.63) is 82.5 Å². The maximum absolute atomic E-state index is 12.8. The first-order valence-electron chi connectivity index (χ1n) is 9.80. The number of carbonyl (C=O) groups is 3. The van der Waals surface area contributed by atoms with Gasteiger partial charge < -0.3 is 9.15 Å². The topological polar surface area (TPSA) is 88.9 Å². The van der Waals surface area contributed by atoms with Crippen LogP contribution in [0.5, 0.6) is 5.75 Å². The number of carbonyl (C=O) groups excluding carboxylic acids is 3. The maximum Gasteiger partial charge on any atom is 0.285 e. The second kappa shape index (κ2) is 9.43. The molecule has 2 heterocycles.